The molecule has 0 aliphatic rings. The van der Waals surface area contributed by atoms with Gasteiger partial charge in [-0.2, -0.15) is 0 Å². The topological polar surface area (TPSA) is 114 Å². The van der Waals surface area contributed by atoms with Crippen LogP contribution in [0, 0.1) is 10.1 Å². The number of nitro groups is 1. The van der Waals surface area contributed by atoms with E-state index in [0.29, 0.717) is 23.1 Å². The second kappa shape index (κ2) is 6.02. The number of sulfonamides is 1. The number of aromatic nitrogens is 1. The molecule has 112 valence electrons. The summed E-state index contributed by atoms with van der Waals surface area (Å²) in [6.45, 7) is 0.576. The largest absolute Gasteiger partial charge is 0.383 e. The third-order valence-electron chi connectivity index (χ3n) is 2.75. The number of nitrogens with one attached hydrogen (secondary N) is 2. The molecule has 1 aromatic heterocycles. The van der Waals surface area contributed by atoms with Crippen LogP contribution in [0.5, 0.6) is 0 Å². The number of anilines is 1. The fourth-order valence-electron chi connectivity index (χ4n) is 1.89. The molecule has 0 amide bonds. The summed E-state index contributed by atoms with van der Waals surface area (Å²) >= 11 is 0. The monoisotopic (exact) mass is 310 g/mol. The number of hydrogen-bond acceptors (Lipinski definition) is 6. The summed E-state index contributed by atoms with van der Waals surface area (Å²) in [5.41, 5.74) is 0.896. The Morgan fingerprint density at radius 1 is 1.29 bits per heavy atom. The van der Waals surface area contributed by atoms with Crippen molar-refractivity contribution in [2.45, 2.75) is 0 Å². The summed E-state index contributed by atoms with van der Waals surface area (Å²) < 4.78 is 24.3. The van der Waals surface area contributed by atoms with Gasteiger partial charge in [-0.1, -0.05) is 0 Å². The van der Waals surface area contributed by atoms with Crippen molar-refractivity contribution in [3.63, 3.8) is 0 Å². The fraction of sp³-hybridized carbons (Fsp3) is 0.250. The van der Waals surface area contributed by atoms with E-state index in [1.165, 1.54) is 12.3 Å². The second-order valence-electron chi connectivity index (χ2n) is 4.38. The predicted molar refractivity (Wildman–Crippen MR) is 79.7 cm³/mol. The third-order valence-corrected chi connectivity index (χ3v) is 3.48. The lowest BCUT2D eigenvalue weighted by molar-refractivity contribution is -0.383. The smallest absolute Gasteiger partial charge is 0.295 e. The third kappa shape index (κ3) is 3.86. The van der Waals surface area contributed by atoms with Crippen molar-refractivity contribution in [3.8, 4) is 0 Å². The van der Waals surface area contributed by atoms with Crippen molar-refractivity contribution in [3.05, 3.63) is 40.6 Å². The average Bonchev–Trinajstić information content (AvgIpc) is 2.42. The maximum absolute atomic E-state index is 11.0. The van der Waals surface area contributed by atoms with Gasteiger partial charge in [0.15, 0.2) is 0 Å². The molecule has 0 saturated heterocycles. The highest BCUT2D eigenvalue weighted by atomic mass is 32.2. The standard InChI is InChI=1S/C12H14N4O4S/c1-21(19,20)15-8-7-13-10-4-5-11(16(17)18)12-9(10)3-2-6-14-12/h2-6,13,15H,7-8H2,1H3. The first kappa shape index (κ1) is 15.1. The minimum absolute atomic E-state index is 0.0644. The minimum Gasteiger partial charge on any atom is -0.383 e. The molecular weight excluding hydrogens is 296 g/mol. The minimum atomic E-state index is -3.23. The van der Waals surface area contributed by atoms with Crippen LogP contribution < -0.4 is 10.0 Å². The number of pyridine rings is 1. The highest BCUT2D eigenvalue weighted by Gasteiger charge is 2.14. The van der Waals surface area contributed by atoms with Gasteiger partial charge < -0.3 is 5.32 Å². The number of fused-ring (bicyclic) bond motifs is 1. The van der Waals surface area contributed by atoms with Gasteiger partial charge in [-0.3, -0.25) is 10.1 Å². The van der Waals surface area contributed by atoms with E-state index in [1.54, 1.807) is 18.2 Å². The van der Waals surface area contributed by atoms with E-state index in [0.717, 1.165) is 6.26 Å². The number of nitrogens with zero attached hydrogens (tertiary/aromatic N) is 2. The van der Waals surface area contributed by atoms with Crippen molar-refractivity contribution in [2.24, 2.45) is 0 Å². The molecule has 0 unspecified atom stereocenters. The molecule has 0 radical (unpaired) electrons. The molecule has 0 aliphatic carbocycles. The van der Waals surface area contributed by atoms with Gasteiger partial charge >= 0.3 is 0 Å². The molecule has 0 spiro atoms. The van der Waals surface area contributed by atoms with Crippen molar-refractivity contribution in [1.82, 2.24) is 9.71 Å². The number of hydrogen-bond donors (Lipinski definition) is 2. The van der Waals surface area contributed by atoms with Gasteiger partial charge in [0, 0.05) is 36.4 Å². The van der Waals surface area contributed by atoms with E-state index < -0.39 is 14.9 Å². The molecule has 0 aliphatic heterocycles. The number of non-ortho nitro benzene ring substituents is 1. The zero-order valence-corrected chi connectivity index (χ0v) is 12.1. The lowest BCUT2D eigenvalue weighted by atomic mass is 10.1. The van der Waals surface area contributed by atoms with E-state index in [1.807, 2.05) is 0 Å². The summed E-state index contributed by atoms with van der Waals surface area (Å²) in [6.07, 6.45) is 2.57. The van der Waals surface area contributed by atoms with Gasteiger partial charge in [-0.25, -0.2) is 18.1 Å². The van der Waals surface area contributed by atoms with Crippen molar-refractivity contribution in [1.29, 1.82) is 0 Å². The molecule has 1 aromatic carbocycles. The van der Waals surface area contributed by atoms with Gasteiger partial charge in [-0.05, 0) is 18.2 Å². The average molecular weight is 310 g/mol. The van der Waals surface area contributed by atoms with Crippen LogP contribution in [0.3, 0.4) is 0 Å². The van der Waals surface area contributed by atoms with Crippen molar-refractivity contribution < 1.29 is 13.3 Å². The maximum Gasteiger partial charge on any atom is 0.295 e. The Kier molecular flexibility index (Phi) is 4.34. The lowest BCUT2D eigenvalue weighted by Gasteiger charge is -2.09. The molecule has 9 heteroatoms. The Bertz CT molecular complexity index is 776. The Hall–Kier alpha value is -2.26. The second-order valence-corrected chi connectivity index (χ2v) is 6.22. The molecule has 8 nitrogen and oxygen atoms in total. The van der Waals surface area contributed by atoms with E-state index >= 15 is 0 Å². The van der Waals surface area contributed by atoms with E-state index in [9.17, 15) is 18.5 Å². The lowest BCUT2D eigenvalue weighted by Crippen LogP contribution is -2.27. The zero-order chi connectivity index (χ0) is 15.5. The van der Waals surface area contributed by atoms with Gasteiger partial charge in [0.2, 0.25) is 10.0 Å². The first-order chi connectivity index (χ1) is 9.88. The van der Waals surface area contributed by atoms with Gasteiger partial charge in [0.1, 0.15) is 5.52 Å². The van der Waals surface area contributed by atoms with Crippen LogP contribution in [-0.4, -0.2) is 37.7 Å². The molecule has 21 heavy (non-hydrogen) atoms. The highest BCUT2D eigenvalue weighted by Crippen LogP contribution is 2.29. The van der Waals surface area contributed by atoms with Crippen LogP contribution in [0.15, 0.2) is 30.5 Å². The summed E-state index contributed by atoms with van der Waals surface area (Å²) in [4.78, 5) is 14.5. The molecule has 0 atom stereocenters. The Balaban J connectivity index is 2.22. The summed E-state index contributed by atoms with van der Waals surface area (Å²) in [6, 6.07) is 6.37. The van der Waals surface area contributed by atoms with Crippen LogP contribution in [0.1, 0.15) is 0 Å². The fourth-order valence-corrected chi connectivity index (χ4v) is 2.37. The molecule has 2 N–H and O–H groups in total. The van der Waals surface area contributed by atoms with Crippen LogP contribution in [-0.2, 0) is 10.0 Å². The quantitative estimate of drug-likeness (QED) is 0.469. The Morgan fingerprint density at radius 2 is 2.05 bits per heavy atom. The van der Waals surface area contributed by atoms with Gasteiger partial charge in [-0.15, -0.1) is 0 Å². The molecule has 1 heterocycles. The summed E-state index contributed by atoms with van der Waals surface area (Å²) in [7, 11) is -3.23. The van der Waals surface area contributed by atoms with E-state index in [2.05, 4.69) is 15.0 Å². The summed E-state index contributed by atoms with van der Waals surface area (Å²) in [5, 5.41) is 14.6. The zero-order valence-electron chi connectivity index (χ0n) is 11.2. The number of nitro benzene ring substituents is 1. The molecule has 0 saturated carbocycles. The molecule has 2 aromatic rings. The van der Waals surface area contributed by atoms with Crippen LogP contribution in [0.2, 0.25) is 0 Å². The van der Waals surface area contributed by atoms with Crippen LogP contribution in [0.4, 0.5) is 11.4 Å². The highest BCUT2D eigenvalue weighted by molar-refractivity contribution is 7.88. The SMILES string of the molecule is CS(=O)(=O)NCCNc1ccc([N+](=O)[O-])c2ncccc12. The van der Waals surface area contributed by atoms with Gasteiger partial charge in [0.25, 0.3) is 5.69 Å². The first-order valence-corrected chi connectivity index (χ1v) is 7.98. The molecular formula is C12H14N4O4S. The van der Waals surface area contributed by atoms with Crippen LogP contribution in [0.25, 0.3) is 10.9 Å². The Labute approximate surface area is 121 Å². The van der Waals surface area contributed by atoms with Crippen molar-refractivity contribution in [2.75, 3.05) is 24.7 Å². The number of rotatable bonds is 6. The predicted octanol–water partition coefficient (Wildman–Crippen LogP) is 1.10. The normalized spacial score (nSPS) is 11.5. The van der Waals surface area contributed by atoms with Crippen LogP contribution >= 0.6 is 0 Å². The van der Waals surface area contributed by atoms with E-state index in [-0.39, 0.29) is 12.2 Å². The maximum atomic E-state index is 11.0. The number of benzene rings is 1. The summed E-state index contributed by atoms with van der Waals surface area (Å²) in [5.74, 6) is 0. The molecule has 0 fully saturated rings. The molecule has 2 rings (SSSR count). The molecule has 0 bridgehead atoms. The first-order valence-electron chi connectivity index (χ1n) is 6.09. The van der Waals surface area contributed by atoms with Crippen molar-refractivity contribution >= 4 is 32.3 Å². The Morgan fingerprint density at radius 3 is 2.71 bits per heavy atom. The van der Waals surface area contributed by atoms with E-state index in [4.69, 9.17) is 0 Å². The van der Waals surface area contributed by atoms with Gasteiger partial charge in [0.05, 0.1) is 11.2 Å².